The standard InChI is InChI=1S/C14H16N2O5S/c1-9-14(10(2)21-16-9)22(17,18)15-6-5-11-3-4-12-13(7-11)20-8-19-12/h3-4,7,15H,5-6,8H2,1-2H3. The molecule has 118 valence electrons. The second-order valence-corrected chi connectivity index (χ2v) is 6.69. The maximum absolute atomic E-state index is 12.3. The number of nitrogens with zero attached hydrogens (tertiary/aromatic N) is 1. The fraction of sp³-hybridized carbons (Fsp3) is 0.357. The molecule has 1 N–H and O–H groups in total. The molecule has 0 bridgehead atoms. The quantitative estimate of drug-likeness (QED) is 0.897. The first kappa shape index (κ1) is 14.9. The summed E-state index contributed by atoms with van der Waals surface area (Å²) >= 11 is 0. The third-order valence-corrected chi connectivity index (χ3v) is 5.08. The van der Waals surface area contributed by atoms with Gasteiger partial charge in [-0.2, -0.15) is 0 Å². The van der Waals surface area contributed by atoms with Crippen molar-refractivity contribution in [2.75, 3.05) is 13.3 Å². The van der Waals surface area contributed by atoms with Crippen molar-refractivity contribution < 1.29 is 22.4 Å². The highest BCUT2D eigenvalue weighted by Crippen LogP contribution is 2.32. The highest BCUT2D eigenvalue weighted by atomic mass is 32.2. The van der Waals surface area contributed by atoms with Crippen molar-refractivity contribution in [3.63, 3.8) is 0 Å². The van der Waals surface area contributed by atoms with E-state index in [0.717, 1.165) is 5.56 Å². The van der Waals surface area contributed by atoms with Crippen LogP contribution in [-0.2, 0) is 16.4 Å². The summed E-state index contributed by atoms with van der Waals surface area (Å²) in [7, 11) is -3.62. The normalized spacial score (nSPS) is 13.5. The van der Waals surface area contributed by atoms with Crippen molar-refractivity contribution in [2.45, 2.75) is 25.2 Å². The zero-order chi connectivity index (χ0) is 15.7. The Morgan fingerprint density at radius 1 is 1.23 bits per heavy atom. The van der Waals surface area contributed by atoms with E-state index < -0.39 is 10.0 Å². The third-order valence-electron chi connectivity index (χ3n) is 3.38. The van der Waals surface area contributed by atoms with Crippen molar-refractivity contribution >= 4 is 10.0 Å². The van der Waals surface area contributed by atoms with Gasteiger partial charge in [0.2, 0.25) is 16.8 Å². The molecule has 1 aromatic heterocycles. The molecule has 0 atom stereocenters. The Bertz CT molecular complexity index is 778. The third kappa shape index (κ3) is 2.79. The topological polar surface area (TPSA) is 90.7 Å². The van der Waals surface area contributed by atoms with Gasteiger partial charge in [0.1, 0.15) is 10.6 Å². The van der Waals surface area contributed by atoms with Gasteiger partial charge < -0.3 is 14.0 Å². The van der Waals surface area contributed by atoms with Gasteiger partial charge in [-0.15, -0.1) is 0 Å². The van der Waals surface area contributed by atoms with Gasteiger partial charge in [0.25, 0.3) is 0 Å². The van der Waals surface area contributed by atoms with Crippen LogP contribution in [0.3, 0.4) is 0 Å². The fourth-order valence-electron chi connectivity index (χ4n) is 2.36. The van der Waals surface area contributed by atoms with E-state index in [1.165, 1.54) is 0 Å². The Hall–Kier alpha value is -2.06. The van der Waals surface area contributed by atoms with Gasteiger partial charge in [0, 0.05) is 6.54 Å². The van der Waals surface area contributed by atoms with Gasteiger partial charge in [-0.05, 0) is 38.0 Å². The highest BCUT2D eigenvalue weighted by Gasteiger charge is 2.23. The Morgan fingerprint density at radius 3 is 2.73 bits per heavy atom. The predicted octanol–water partition coefficient (Wildman–Crippen LogP) is 1.54. The zero-order valence-electron chi connectivity index (χ0n) is 12.3. The first-order valence-electron chi connectivity index (χ1n) is 6.78. The predicted molar refractivity (Wildman–Crippen MR) is 77.4 cm³/mol. The molecule has 3 rings (SSSR count). The molecular weight excluding hydrogens is 308 g/mol. The lowest BCUT2D eigenvalue weighted by molar-refractivity contribution is 0.174. The Morgan fingerprint density at radius 2 is 2.00 bits per heavy atom. The van der Waals surface area contributed by atoms with Crippen LogP contribution < -0.4 is 14.2 Å². The molecule has 0 fully saturated rings. The van der Waals surface area contributed by atoms with Crippen molar-refractivity contribution in [1.29, 1.82) is 0 Å². The summed E-state index contributed by atoms with van der Waals surface area (Å²) in [5.74, 6) is 1.68. The number of ether oxygens (including phenoxy) is 2. The number of benzene rings is 1. The van der Waals surface area contributed by atoms with Crippen LogP contribution >= 0.6 is 0 Å². The van der Waals surface area contributed by atoms with Crippen molar-refractivity contribution in [3.8, 4) is 11.5 Å². The van der Waals surface area contributed by atoms with Crippen LogP contribution in [0.15, 0.2) is 27.6 Å². The fourth-order valence-corrected chi connectivity index (χ4v) is 3.71. The second-order valence-electron chi connectivity index (χ2n) is 4.99. The number of nitrogens with one attached hydrogen (secondary N) is 1. The molecule has 0 spiro atoms. The van der Waals surface area contributed by atoms with Crippen LogP contribution in [0.2, 0.25) is 0 Å². The van der Waals surface area contributed by atoms with Gasteiger partial charge in [-0.3, -0.25) is 0 Å². The molecule has 2 aromatic rings. The zero-order valence-corrected chi connectivity index (χ0v) is 13.1. The molecule has 1 aliphatic rings. The summed E-state index contributed by atoms with van der Waals surface area (Å²) in [6.07, 6.45) is 0.541. The molecule has 1 aliphatic heterocycles. The van der Waals surface area contributed by atoms with E-state index in [1.54, 1.807) is 13.8 Å². The summed E-state index contributed by atoms with van der Waals surface area (Å²) < 4.78 is 42.5. The maximum atomic E-state index is 12.3. The van der Waals surface area contributed by atoms with Crippen LogP contribution in [-0.4, -0.2) is 26.9 Å². The molecule has 8 heteroatoms. The smallest absolute Gasteiger partial charge is 0.245 e. The van der Waals surface area contributed by atoms with E-state index >= 15 is 0 Å². The summed E-state index contributed by atoms with van der Waals surface area (Å²) in [4.78, 5) is 0.109. The summed E-state index contributed by atoms with van der Waals surface area (Å²) in [6.45, 7) is 3.67. The van der Waals surface area contributed by atoms with Gasteiger partial charge in [-0.25, -0.2) is 13.1 Å². The van der Waals surface area contributed by atoms with Crippen molar-refractivity contribution in [3.05, 3.63) is 35.2 Å². The second kappa shape index (κ2) is 5.62. The van der Waals surface area contributed by atoms with Crippen LogP contribution in [0.4, 0.5) is 0 Å². The molecule has 0 saturated carbocycles. The molecule has 22 heavy (non-hydrogen) atoms. The Kier molecular flexibility index (Phi) is 3.79. The van der Waals surface area contributed by atoms with Gasteiger partial charge in [0.15, 0.2) is 17.3 Å². The SMILES string of the molecule is Cc1noc(C)c1S(=O)(=O)NCCc1ccc2c(c1)OCO2. The van der Waals surface area contributed by atoms with Crippen LogP contribution in [0.1, 0.15) is 17.0 Å². The minimum absolute atomic E-state index is 0.109. The lowest BCUT2D eigenvalue weighted by Crippen LogP contribution is -2.26. The first-order chi connectivity index (χ1) is 10.5. The van der Waals surface area contributed by atoms with Gasteiger partial charge in [-0.1, -0.05) is 11.2 Å². The molecule has 0 radical (unpaired) electrons. The molecule has 0 aliphatic carbocycles. The summed E-state index contributed by atoms with van der Waals surface area (Å²) in [6, 6.07) is 5.56. The number of hydrogen-bond acceptors (Lipinski definition) is 6. The number of aromatic nitrogens is 1. The molecular formula is C14H16N2O5S. The first-order valence-corrected chi connectivity index (χ1v) is 8.27. The summed E-state index contributed by atoms with van der Waals surface area (Å²) in [5, 5.41) is 3.66. The highest BCUT2D eigenvalue weighted by molar-refractivity contribution is 7.89. The average molecular weight is 324 g/mol. The van der Waals surface area contributed by atoms with Crippen LogP contribution in [0, 0.1) is 13.8 Å². The minimum atomic E-state index is -3.62. The molecule has 1 aromatic carbocycles. The van der Waals surface area contributed by atoms with E-state index in [1.807, 2.05) is 18.2 Å². The van der Waals surface area contributed by atoms with Crippen molar-refractivity contribution in [2.24, 2.45) is 0 Å². The maximum Gasteiger partial charge on any atom is 0.245 e. The lowest BCUT2D eigenvalue weighted by atomic mass is 10.1. The lowest BCUT2D eigenvalue weighted by Gasteiger charge is -2.07. The monoisotopic (exact) mass is 324 g/mol. The minimum Gasteiger partial charge on any atom is -0.454 e. The van der Waals surface area contributed by atoms with E-state index in [9.17, 15) is 8.42 Å². The molecule has 0 amide bonds. The molecule has 0 unspecified atom stereocenters. The molecule has 2 heterocycles. The molecule has 7 nitrogen and oxygen atoms in total. The van der Waals surface area contributed by atoms with Crippen LogP contribution in [0.25, 0.3) is 0 Å². The number of aryl methyl sites for hydroxylation is 2. The Balaban J connectivity index is 1.66. The number of fused-ring (bicyclic) bond motifs is 1. The largest absolute Gasteiger partial charge is 0.454 e. The van der Waals surface area contributed by atoms with E-state index in [4.69, 9.17) is 14.0 Å². The molecule has 0 saturated heterocycles. The van der Waals surface area contributed by atoms with Crippen molar-refractivity contribution in [1.82, 2.24) is 9.88 Å². The van der Waals surface area contributed by atoms with E-state index in [-0.39, 0.29) is 24.0 Å². The van der Waals surface area contributed by atoms with E-state index in [2.05, 4.69) is 9.88 Å². The van der Waals surface area contributed by atoms with Gasteiger partial charge >= 0.3 is 0 Å². The average Bonchev–Trinajstić information content (AvgIpc) is 3.05. The number of rotatable bonds is 5. The Labute approximate surface area is 128 Å². The number of hydrogen-bond donors (Lipinski definition) is 1. The van der Waals surface area contributed by atoms with E-state index in [0.29, 0.717) is 23.6 Å². The van der Waals surface area contributed by atoms with Gasteiger partial charge in [0.05, 0.1) is 0 Å². The van der Waals surface area contributed by atoms with Crippen LogP contribution in [0.5, 0.6) is 11.5 Å². The summed E-state index contributed by atoms with van der Waals surface area (Å²) in [5.41, 5.74) is 1.32. The number of sulfonamides is 1.